The van der Waals surface area contributed by atoms with Crippen molar-refractivity contribution in [2.24, 2.45) is 5.92 Å². The molecule has 8 nitrogen and oxygen atoms in total. The summed E-state index contributed by atoms with van der Waals surface area (Å²) in [5, 5.41) is 10.1. The molecule has 5 atom stereocenters. The first-order chi connectivity index (χ1) is 18.4. The Kier molecular flexibility index (Phi) is 7.11. The molecule has 2 fully saturated rings. The molecule has 2 saturated heterocycles. The van der Waals surface area contributed by atoms with Crippen molar-refractivity contribution in [3.05, 3.63) is 58.6 Å². The van der Waals surface area contributed by atoms with Crippen LogP contribution in [0.2, 0.25) is 23.7 Å². The number of hydrogen-bond acceptors (Lipinski definition) is 6. The Labute approximate surface area is 232 Å². The number of carbonyl (C=O) groups is 3. The predicted octanol–water partition coefficient (Wildman–Crippen LogP) is 4.67. The van der Waals surface area contributed by atoms with Gasteiger partial charge in [-0.2, -0.15) is 0 Å². The molecule has 3 aliphatic rings. The van der Waals surface area contributed by atoms with Gasteiger partial charge in [-0.25, -0.2) is 0 Å². The molecule has 11 heteroatoms. The number of halogens is 2. The summed E-state index contributed by atoms with van der Waals surface area (Å²) in [5.41, 5.74) is 0.770. The van der Waals surface area contributed by atoms with Crippen LogP contribution >= 0.6 is 11.6 Å². The number of carbonyl (C=O) groups excluding carboxylic acids is 3. The molecule has 5 rings (SSSR count). The Morgan fingerprint density at radius 1 is 1.23 bits per heavy atom. The Morgan fingerprint density at radius 3 is 2.51 bits per heavy atom. The molecule has 208 valence electrons. The van der Waals surface area contributed by atoms with E-state index in [-0.39, 0.29) is 37.8 Å². The van der Waals surface area contributed by atoms with E-state index in [1.807, 2.05) is 19.1 Å². The van der Waals surface area contributed by atoms with Crippen molar-refractivity contribution in [3.63, 3.8) is 0 Å². The number of amides is 2. The normalized spacial score (nSPS) is 28.2. The molecule has 0 radical (unpaired) electrons. The fraction of sp³-hybridized carbons (Fsp3) is 0.464. The molecule has 2 aromatic carbocycles. The average molecular weight is 575 g/mol. The minimum absolute atomic E-state index is 0.139. The van der Waals surface area contributed by atoms with Gasteiger partial charge in [-0.3, -0.25) is 19.3 Å². The van der Waals surface area contributed by atoms with Gasteiger partial charge in [0.1, 0.15) is 0 Å². The van der Waals surface area contributed by atoms with Crippen LogP contribution in [0.3, 0.4) is 0 Å². The maximum Gasteiger partial charge on any atom is 0.304 e. The first-order valence-electron chi connectivity index (χ1n) is 13.1. The van der Waals surface area contributed by atoms with Crippen molar-refractivity contribution < 1.29 is 33.1 Å². The van der Waals surface area contributed by atoms with Crippen LogP contribution in [0.15, 0.2) is 42.5 Å². The van der Waals surface area contributed by atoms with Gasteiger partial charge in [-0.1, -0.05) is 30.7 Å². The number of β-lactam (4-membered cyclic amide) rings is 1. The average Bonchev–Trinajstić information content (AvgIpc) is 3.26. The quantitative estimate of drug-likeness (QED) is 0.223. The monoisotopic (exact) mass is 574 g/mol. The summed E-state index contributed by atoms with van der Waals surface area (Å²) in [7, 11) is -3.28. The number of hydrogen-bond donors (Lipinski definition) is 1. The minimum atomic E-state index is -3.28. The lowest BCUT2D eigenvalue weighted by Crippen LogP contribution is -2.54. The molecule has 0 aliphatic carbocycles. The minimum Gasteiger partial charge on any atom is -0.441 e. The van der Waals surface area contributed by atoms with E-state index < -0.39 is 43.8 Å². The van der Waals surface area contributed by atoms with Crippen LogP contribution in [0.5, 0.6) is 0 Å². The number of benzene rings is 2. The van der Waals surface area contributed by atoms with Crippen LogP contribution in [0.25, 0.3) is 0 Å². The van der Waals surface area contributed by atoms with Crippen LogP contribution in [-0.4, -0.2) is 50.2 Å². The van der Waals surface area contributed by atoms with Gasteiger partial charge in [0.2, 0.25) is 14.3 Å². The predicted molar refractivity (Wildman–Crippen MR) is 146 cm³/mol. The van der Waals surface area contributed by atoms with Gasteiger partial charge in [0.05, 0.1) is 24.8 Å². The maximum atomic E-state index is 15.6. The molecule has 3 heterocycles. The van der Waals surface area contributed by atoms with Gasteiger partial charge in [-0.15, -0.1) is 0 Å². The van der Waals surface area contributed by atoms with Crippen molar-refractivity contribution >= 4 is 49.2 Å². The van der Waals surface area contributed by atoms with Crippen LogP contribution in [0.4, 0.5) is 15.5 Å². The lowest BCUT2D eigenvalue weighted by atomic mass is 9.82. The number of aliphatic hydroxyl groups excluding tert-OH is 1. The summed E-state index contributed by atoms with van der Waals surface area (Å²) in [4.78, 5) is 40.8. The first-order valence-corrected chi connectivity index (χ1v) is 16.4. The van der Waals surface area contributed by atoms with Gasteiger partial charge < -0.3 is 23.6 Å². The van der Waals surface area contributed by atoms with E-state index in [1.54, 1.807) is 48.3 Å². The second-order valence-corrected chi connectivity index (χ2v) is 15.3. The highest BCUT2D eigenvalue weighted by Gasteiger charge is 2.66. The molecule has 2 amide bonds. The summed E-state index contributed by atoms with van der Waals surface area (Å²) in [5.74, 6) is -1.35. The van der Waals surface area contributed by atoms with Gasteiger partial charge in [-0.05, 0) is 55.4 Å². The Morgan fingerprint density at radius 2 is 1.92 bits per heavy atom. The SMILES string of the molecule is CC(=O)OC1CC(=O)N1c1ccc(CN2C(=O)[C@]3(O[C@H](CCO)[C@@H]([Si](C)(C)F)[C@@H]3C)c3cc(Cl)ccc32)cc1. The highest BCUT2D eigenvalue weighted by Crippen LogP contribution is 2.60. The van der Waals surface area contributed by atoms with Gasteiger partial charge in [0.25, 0.3) is 5.91 Å². The highest BCUT2D eigenvalue weighted by molar-refractivity contribution is 6.72. The molecular formula is C28H32ClFN2O6Si. The van der Waals surface area contributed by atoms with E-state index in [2.05, 4.69) is 0 Å². The summed E-state index contributed by atoms with van der Waals surface area (Å²) in [6.45, 7) is 6.45. The van der Waals surface area contributed by atoms with Crippen molar-refractivity contribution in [2.45, 2.75) is 69.8 Å². The van der Waals surface area contributed by atoms with Crippen molar-refractivity contribution in [2.75, 3.05) is 16.4 Å². The molecule has 0 saturated carbocycles. The van der Waals surface area contributed by atoms with Crippen molar-refractivity contribution in [1.29, 1.82) is 0 Å². The number of esters is 1. The van der Waals surface area contributed by atoms with Crippen molar-refractivity contribution in [3.8, 4) is 0 Å². The summed E-state index contributed by atoms with van der Waals surface area (Å²) < 4.78 is 27.3. The molecule has 0 aromatic heterocycles. The fourth-order valence-electron chi connectivity index (χ4n) is 6.50. The van der Waals surface area contributed by atoms with Crippen molar-refractivity contribution in [1.82, 2.24) is 0 Å². The van der Waals surface area contributed by atoms with E-state index in [0.717, 1.165) is 5.56 Å². The molecule has 1 unspecified atom stereocenters. The van der Waals surface area contributed by atoms with Crippen LogP contribution < -0.4 is 9.80 Å². The fourth-order valence-corrected chi connectivity index (χ4v) is 9.22. The van der Waals surface area contributed by atoms with Crippen LogP contribution in [0, 0.1) is 5.92 Å². The van der Waals surface area contributed by atoms with Crippen LogP contribution in [0.1, 0.15) is 37.8 Å². The number of fused-ring (bicyclic) bond motifs is 2. The largest absolute Gasteiger partial charge is 0.441 e. The number of aliphatic hydroxyl groups is 1. The summed E-state index contributed by atoms with van der Waals surface area (Å²) >= 11 is 6.38. The Hall–Kier alpha value is -2.79. The molecule has 39 heavy (non-hydrogen) atoms. The first kappa shape index (κ1) is 27.8. The second kappa shape index (κ2) is 9.99. The molecule has 1 N–H and O–H groups in total. The Balaban J connectivity index is 1.46. The number of anilines is 2. The lowest BCUT2D eigenvalue weighted by Gasteiger charge is -2.39. The molecule has 3 aliphatic heterocycles. The third-order valence-electron chi connectivity index (χ3n) is 8.10. The lowest BCUT2D eigenvalue weighted by molar-refractivity contribution is -0.154. The third-order valence-corrected chi connectivity index (χ3v) is 10.8. The molecule has 0 bridgehead atoms. The molecular weight excluding hydrogens is 543 g/mol. The Bertz CT molecular complexity index is 1320. The molecule has 2 aromatic rings. The summed E-state index contributed by atoms with van der Waals surface area (Å²) in [6, 6.07) is 12.3. The van der Waals surface area contributed by atoms with Gasteiger partial charge >= 0.3 is 5.97 Å². The van der Waals surface area contributed by atoms with Gasteiger partial charge in [0, 0.05) is 41.3 Å². The second-order valence-electron chi connectivity index (χ2n) is 11.0. The van der Waals surface area contributed by atoms with E-state index in [1.165, 1.54) is 11.8 Å². The number of ether oxygens (including phenoxy) is 2. The number of nitrogens with zero attached hydrogens (tertiary/aromatic N) is 2. The maximum absolute atomic E-state index is 15.6. The standard InChI is InChI=1S/C28H32ClFN2O6Si/c1-16-26(39(3,4)30)23(11-12-33)38-28(16)21-13-19(29)7-10-22(21)31(27(28)36)15-18-5-8-20(9-6-18)32-24(35)14-25(32)37-17(2)34/h5-10,13,16,23,25-26,33H,11-12,14-15H2,1-4H3/t16-,23+,25?,26-,28+/m0/s1. The third kappa shape index (κ3) is 4.57. The van der Waals surface area contributed by atoms with E-state index in [0.29, 0.717) is 22.0 Å². The smallest absolute Gasteiger partial charge is 0.304 e. The highest BCUT2D eigenvalue weighted by atomic mass is 35.5. The zero-order valence-corrected chi connectivity index (χ0v) is 24.1. The van der Waals surface area contributed by atoms with E-state index >= 15 is 4.11 Å². The molecule has 1 spiro atoms. The zero-order chi connectivity index (χ0) is 28.3. The zero-order valence-electron chi connectivity index (χ0n) is 22.3. The summed E-state index contributed by atoms with van der Waals surface area (Å²) in [6.07, 6.45) is -0.835. The van der Waals surface area contributed by atoms with Crippen LogP contribution in [-0.2, 0) is 36.0 Å². The topological polar surface area (TPSA) is 96.4 Å². The van der Waals surface area contributed by atoms with E-state index in [9.17, 15) is 19.5 Å². The van der Waals surface area contributed by atoms with E-state index in [4.69, 9.17) is 21.1 Å². The number of rotatable bonds is 7. The van der Waals surface area contributed by atoms with Gasteiger partial charge in [0.15, 0.2) is 11.8 Å².